The number of ether oxygens (including phenoxy) is 2. The Bertz CT molecular complexity index is 402. The summed E-state index contributed by atoms with van der Waals surface area (Å²) >= 11 is 5.77. The summed E-state index contributed by atoms with van der Waals surface area (Å²) < 4.78 is 24.1. The van der Waals surface area contributed by atoms with Crippen LogP contribution < -0.4 is 15.2 Å². The number of nitrogens with two attached hydrogens (primary N) is 1. The van der Waals surface area contributed by atoms with Crippen molar-refractivity contribution in [1.29, 1.82) is 0 Å². The molecule has 0 spiro atoms. The normalized spacial score (nSPS) is 11.4. The van der Waals surface area contributed by atoms with Gasteiger partial charge in [0.2, 0.25) is 0 Å². The summed E-state index contributed by atoms with van der Waals surface area (Å²) in [6.07, 6.45) is 0. The molecule has 1 rings (SSSR count). The summed E-state index contributed by atoms with van der Waals surface area (Å²) in [6.45, 7) is 3.34. The Morgan fingerprint density at radius 1 is 1.31 bits per heavy atom. The highest BCUT2D eigenvalue weighted by atomic mass is 35.5. The van der Waals surface area contributed by atoms with Gasteiger partial charge in [0.1, 0.15) is 0 Å². The van der Waals surface area contributed by atoms with Gasteiger partial charge in [-0.25, -0.2) is 4.39 Å². The molecule has 1 aromatic carbocycles. The van der Waals surface area contributed by atoms with Crippen LogP contribution in [0, 0.1) is 5.82 Å². The summed E-state index contributed by atoms with van der Waals surface area (Å²) in [6, 6.07) is 1.37. The average molecular weight is 248 g/mol. The lowest BCUT2D eigenvalue weighted by Gasteiger charge is -2.24. The second kappa shape index (κ2) is 4.47. The summed E-state index contributed by atoms with van der Waals surface area (Å²) in [4.78, 5) is 0. The molecule has 0 unspecified atom stereocenters. The Morgan fingerprint density at radius 3 is 2.25 bits per heavy atom. The second-order valence-electron chi connectivity index (χ2n) is 4.00. The monoisotopic (exact) mass is 247 g/mol. The van der Waals surface area contributed by atoms with Crippen LogP contribution in [0.2, 0.25) is 5.02 Å². The van der Waals surface area contributed by atoms with Crippen LogP contribution in [0.15, 0.2) is 6.07 Å². The van der Waals surface area contributed by atoms with E-state index in [2.05, 4.69) is 0 Å². The molecule has 0 bridgehead atoms. The topological polar surface area (TPSA) is 44.5 Å². The maximum absolute atomic E-state index is 13.9. The minimum Gasteiger partial charge on any atom is -0.493 e. The van der Waals surface area contributed by atoms with Crippen LogP contribution in [-0.2, 0) is 5.54 Å². The molecule has 0 aliphatic heterocycles. The van der Waals surface area contributed by atoms with Gasteiger partial charge in [-0.15, -0.1) is 0 Å². The van der Waals surface area contributed by atoms with E-state index in [1.54, 1.807) is 13.8 Å². The molecule has 0 aromatic heterocycles. The highest BCUT2D eigenvalue weighted by molar-refractivity contribution is 6.31. The molecule has 90 valence electrons. The molecular formula is C11H15ClFNO2. The largest absolute Gasteiger partial charge is 0.493 e. The summed E-state index contributed by atoms with van der Waals surface area (Å²) in [7, 11) is 2.89. The smallest absolute Gasteiger partial charge is 0.168 e. The van der Waals surface area contributed by atoms with Gasteiger partial charge in [0, 0.05) is 11.6 Å². The highest BCUT2D eigenvalue weighted by Gasteiger charge is 2.28. The average Bonchev–Trinajstić information content (AvgIpc) is 2.19. The van der Waals surface area contributed by atoms with Gasteiger partial charge in [0.05, 0.1) is 24.8 Å². The molecule has 16 heavy (non-hydrogen) atoms. The molecule has 3 nitrogen and oxygen atoms in total. The Hall–Kier alpha value is -1.00. The minimum absolute atomic E-state index is 0.0359. The van der Waals surface area contributed by atoms with Gasteiger partial charge >= 0.3 is 0 Å². The molecule has 0 fully saturated rings. The molecule has 0 amide bonds. The Labute approximate surface area is 99.3 Å². The van der Waals surface area contributed by atoms with Crippen molar-refractivity contribution >= 4 is 11.6 Å². The van der Waals surface area contributed by atoms with Crippen molar-refractivity contribution in [3.63, 3.8) is 0 Å². The first-order valence-electron chi connectivity index (χ1n) is 4.72. The number of methoxy groups -OCH3 is 2. The third kappa shape index (κ3) is 2.23. The van der Waals surface area contributed by atoms with Crippen molar-refractivity contribution in [2.24, 2.45) is 5.73 Å². The van der Waals surface area contributed by atoms with E-state index >= 15 is 0 Å². The molecule has 5 heteroatoms. The van der Waals surface area contributed by atoms with Crippen molar-refractivity contribution in [1.82, 2.24) is 0 Å². The van der Waals surface area contributed by atoms with E-state index in [9.17, 15) is 4.39 Å². The third-order valence-electron chi connectivity index (χ3n) is 2.21. The lowest BCUT2D eigenvalue weighted by atomic mass is 9.93. The van der Waals surface area contributed by atoms with Crippen molar-refractivity contribution in [3.8, 4) is 11.5 Å². The lowest BCUT2D eigenvalue weighted by molar-refractivity contribution is 0.337. The van der Waals surface area contributed by atoms with E-state index in [-0.39, 0.29) is 16.3 Å². The first-order chi connectivity index (χ1) is 7.32. The third-order valence-corrected chi connectivity index (χ3v) is 2.48. The SMILES string of the molecule is COc1cc(Cl)c(F)c(C(C)(C)N)c1OC. The van der Waals surface area contributed by atoms with Gasteiger partial charge in [-0.3, -0.25) is 0 Å². The number of hydrogen-bond acceptors (Lipinski definition) is 3. The zero-order valence-electron chi connectivity index (χ0n) is 9.73. The van der Waals surface area contributed by atoms with Crippen LogP contribution in [0.5, 0.6) is 11.5 Å². The number of hydrogen-bond donors (Lipinski definition) is 1. The summed E-state index contributed by atoms with van der Waals surface area (Å²) in [5.41, 5.74) is 5.19. The van der Waals surface area contributed by atoms with Crippen LogP contribution >= 0.6 is 11.6 Å². The van der Waals surface area contributed by atoms with Gasteiger partial charge in [0.25, 0.3) is 0 Å². The second-order valence-corrected chi connectivity index (χ2v) is 4.41. The fourth-order valence-corrected chi connectivity index (χ4v) is 1.71. The fraction of sp³-hybridized carbons (Fsp3) is 0.455. The Balaban J connectivity index is 3.60. The molecule has 0 aliphatic rings. The zero-order chi connectivity index (χ0) is 12.5. The van der Waals surface area contributed by atoms with Crippen molar-refractivity contribution in [2.45, 2.75) is 19.4 Å². The maximum Gasteiger partial charge on any atom is 0.168 e. The van der Waals surface area contributed by atoms with Crippen LogP contribution in [0.3, 0.4) is 0 Å². The lowest BCUT2D eigenvalue weighted by Crippen LogP contribution is -2.30. The molecular weight excluding hydrogens is 233 g/mol. The summed E-state index contributed by atoms with van der Waals surface area (Å²) in [5.74, 6) is 0.0612. The molecule has 1 aromatic rings. The van der Waals surface area contributed by atoms with Gasteiger partial charge in [0.15, 0.2) is 17.3 Å². The minimum atomic E-state index is -0.909. The van der Waals surface area contributed by atoms with Gasteiger partial charge < -0.3 is 15.2 Å². The Morgan fingerprint density at radius 2 is 1.88 bits per heavy atom. The fourth-order valence-electron chi connectivity index (χ4n) is 1.52. The van der Waals surface area contributed by atoms with Crippen LogP contribution in [0.25, 0.3) is 0 Å². The molecule has 0 aliphatic carbocycles. The molecule has 0 saturated carbocycles. The molecule has 0 saturated heterocycles. The molecule has 0 heterocycles. The highest BCUT2D eigenvalue weighted by Crippen LogP contribution is 2.41. The predicted molar refractivity (Wildman–Crippen MR) is 61.7 cm³/mol. The number of halogens is 2. The van der Waals surface area contributed by atoms with Crippen molar-refractivity contribution < 1.29 is 13.9 Å². The van der Waals surface area contributed by atoms with E-state index in [1.165, 1.54) is 20.3 Å². The van der Waals surface area contributed by atoms with Gasteiger partial charge in [-0.05, 0) is 13.8 Å². The molecule has 0 atom stereocenters. The van der Waals surface area contributed by atoms with Crippen LogP contribution in [0.4, 0.5) is 4.39 Å². The molecule has 0 radical (unpaired) electrons. The van der Waals surface area contributed by atoms with Crippen LogP contribution in [-0.4, -0.2) is 14.2 Å². The van der Waals surface area contributed by atoms with E-state index in [4.69, 9.17) is 26.8 Å². The van der Waals surface area contributed by atoms with E-state index < -0.39 is 11.4 Å². The quantitative estimate of drug-likeness (QED) is 0.893. The predicted octanol–water partition coefficient (Wildman–Crippen LogP) is 2.69. The van der Waals surface area contributed by atoms with Gasteiger partial charge in [-0.2, -0.15) is 0 Å². The first-order valence-corrected chi connectivity index (χ1v) is 5.10. The van der Waals surface area contributed by atoms with E-state index in [0.717, 1.165) is 0 Å². The van der Waals surface area contributed by atoms with Crippen molar-refractivity contribution in [3.05, 3.63) is 22.5 Å². The van der Waals surface area contributed by atoms with Gasteiger partial charge in [-0.1, -0.05) is 11.6 Å². The molecule has 2 N–H and O–H groups in total. The van der Waals surface area contributed by atoms with Crippen molar-refractivity contribution in [2.75, 3.05) is 14.2 Å². The summed E-state index contributed by atoms with van der Waals surface area (Å²) in [5, 5.41) is -0.0359. The standard InChI is InChI=1S/C11H15ClFNO2/c1-11(2,14)8-9(13)6(12)5-7(15-3)10(8)16-4/h5H,14H2,1-4H3. The maximum atomic E-state index is 13.9. The first kappa shape index (κ1) is 13.1. The van der Waals surface area contributed by atoms with Crippen LogP contribution in [0.1, 0.15) is 19.4 Å². The number of rotatable bonds is 3. The number of benzene rings is 1. The van der Waals surface area contributed by atoms with E-state index in [1.807, 2.05) is 0 Å². The van der Waals surface area contributed by atoms with E-state index in [0.29, 0.717) is 5.75 Å². The Kier molecular flexibility index (Phi) is 3.65. The zero-order valence-corrected chi connectivity index (χ0v) is 10.5.